The Morgan fingerprint density at radius 1 is 1.23 bits per heavy atom. The molecule has 2 unspecified atom stereocenters. The Hall–Kier alpha value is -2.83. The van der Waals surface area contributed by atoms with Gasteiger partial charge in [0, 0.05) is 12.6 Å². The highest BCUT2D eigenvalue weighted by Gasteiger charge is 2.48. The first-order chi connectivity index (χ1) is 14.7. The van der Waals surface area contributed by atoms with Crippen LogP contribution in [0.15, 0.2) is 29.5 Å². The van der Waals surface area contributed by atoms with E-state index in [0.717, 1.165) is 29.5 Å². The minimum atomic E-state index is -0.563. The van der Waals surface area contributed by atoms with Gasteiger partial charge in [-0.3, -0.25) is 14.5 Å². The van der Waals surface area contributed by atoms with Crippen LogP contribution in [0, 0.1) is 19.8 Å². The number of amides is 4. The molecule has 31 heavy (non-hydrogen) atoms. The van der Waals surface area contributed by atoms with Crippen LogP contribution in [0.25, 0.3) is 0 Å². The minimum Gasteiger partial charge on any atom is -0.352 e. The largest absolute Gasteiger partial charge is 0.352 e. The monoisotopic (exact) mass is 424 g/mol. The third-order valence-electron chi connectivity index (χ3n) is 6.46. The molecular formula is C24H32N4O3. The van der Waals surface area contributed by atoms with Crippen LogP contribution in [-0.2, 0) is 9.59 Å². The molecule has 166 valence electrons. The molecule has 0 bridgehead atoms. The van der Waals surface area contributed by atoms with Crippen molar-refractivity contribution in [1.29, 1.82) is 0 Å². The first kappa shape index (κ1) is 21.4. The Morgan fingerprint density at radius 3 is 2.52 bits per heavy atom. The molecule has 0 aromatic heterocycles. The summed E-state index contributed by atoms with van der Waals surface area (Å²) in [6, 6.07) is 4.99. The molecular weight excluding hydrogens is 392 g/mol. The quantitative estimate of drug-likeness (QED) is 0.737. The molecule has 7 heteroatoms. The molecule has 0 radical (unpaired) electrons. The lowest BCUT2D eigenvalue weighted by molar-refractivity contribution is -0.138. The van der Waals surface area contributed by atoms with Crippen molar-refractivity contribution in [2.24, 2.45) is 5.92 Å². The summed E-state index contributed by atoms with van der Waals surface area (Å²) in [6.45, 7) is 10.6. The summed E-state index contributed by atoms with van der Waals surface area (Å²) < 4.78 is 0. The zero-order valence-electron chi connectivity index (χ0n) is 19.0. The molecule has 4 amide bonds. The normalized spacial score (nSPS) is 22.1. The lowest BCUT2D eigenvalue weighted by Crippen LogP contribution is -2.51. The summed E-state index contributed by atoms with van der Waals surface area (Å²) in [4.78, 5) is 42.9. The van der Waals surface area contributed by atoms with E-state index in [9.17, 15) is 14.4 Å². The SMILES string of the molecule is CCN1C(=O)NC(c2ccc(C)cc2C)C2=C1CN(C(C(=O)NC1CC1)C(C)C)C2=O. The van der Waals surface area contributed by atoms with Crippen LogP contribution in [0.5, 0.6) is 0 Å². The maximum atomic E-state index is 13.7. The highest BCUT2D eigenvalue weighted by atomic mass is 16.2. The summed E-state index contributed by atoms with van der Waals surface area (Å²) in [7, 11) is 0. The van der Waals surface area contributed by atoms with Gasteiger partial charge in [-0.05, 0) is 50.7 Å². The number of rotatable bonds is 6. The highest BCUT2D eigenvalue weighted by Crippen LogP contribution is 2.39. The minimum absolute atomic E-state index is 0.0395. The van der Waals surface area contributed by atoms with Gasteiger partial charge < -0.3 is 15.5 Å². The first-order valence-electron chi connectivity index (χ1n) is 11.2. The van der Waals surface area contributed by atoms with Crippen molar-refractivity contribution in [2.45, 2.75) is 65.6 Å². The Kier molecular flexibility index (Phi) is 5.54. The van der Waals surface area contributed by atoms with Crippen LogP contribution >= 0.6 is 0 Å². The Morgan fingerprint density at radius 2 is 1.94 bits per heavy atom. The average Bonchev–Trinajstić information content (AvgIpc) is 3.44. The number of aryl methyl sites for hydroxylation is 2. The molecule has 7 nitrogen and oxygen atoms in total. The van der Waals surface area contributed by atoms with Crippen LogP contribution in [0.4, 0.5) is 4.79 Å². The van der Waals surface area contributed by atoms with E-state index >= 15 is 0 Å². The van der Waals surface area contributed by atoms with Crippen molar-refractivity contribution in [3.05, 3.63) is 46.2 Å². The number of carbonyl (C=O) groups excluding carboxylic acids is 3. The predicted molar refractivity (Wildman–Crippen MR) is 118 cm³/mol. The number of hydrogen-bond donors (Lipinski definition) is 2. The summed E-state index contributed by atoms with van der Waals surface area (Å²) >= 11 is 0. The van der Waals surface area contributed by atoms with Gasteiger partial charge in [-0.25, -0.2) is 4.79 Å². The van der Waals surface area contributed by atoms with Crippen LogP contribution in [0.2, 0.25) is 0 Å². The summed E-state index contributed by atoms with van der Waals surface area (Å²) in [5.41, 5.74) is 4.37. The fraction of sp³-hybridized carbons (Fsp3) is 0.542. The van der Waals surface area contributed by atoms with Gasteiger partial charge >= 0.3 is 6.03 Å². The van der Waals surface area contributed by atoms with Crippen molar-refractivity contribution in [3.8, 4) is 0 Å². The van der Waals surface area contributed by atoms with E-state index < -0.39 is 12.1 Å². The lowest BCUT2D eigenvalue weighted by atomic mass is 9.91. The predicted octanol–water partition coefficient (Wildman–Crippen LogP) is 2.79. The molecule has 3 aliphatic rings. The number of carbonyl (C=O) groups is 3. The average molecular weight is 425 g/mol. The molecule has 4 rings (SSSR count). The van der Waals surface area contributed by atoms with Gasteiger partial charge in [0.05, 0.1) is 23.9 Å². The van der Waals surface area contributed by atoms with Crippen molar-refractivity contribution in [2.75, 3.05) is 13.1 Å². The number of urea groups is 1. The van der Waals surface area contributed by atoms with E-state index in [1.807, 2.05) is 46.8 Å². The van der Waals surface area contributed by atoms with Gasteiger partial charge in [-0.2, -0.15) is 0 Å². The lowest BCUT2D eigenvalue weighted by Gasteiger charge is -2.33. The second kappa shape index (κ2) is 8.02. The maximum Gasteiger partial charge on any atom is 0.322 e. The Balaban J connectivity index is 1.72. The van der Waals surface area contributed by atoms with Gasteiger partial charge in [-0.15, -0.1) is 0 Å². The van der Waals surface area contributed by atoms with E-state index in [1.54, 1.807) is 9.80 Å². The molecule has 0 saturated heterocycles. The molecule has 0 spiro atoms. The van der Waals surface area contributed by atoms with Gasteiger partial charge in [0.25, 0.3) is 5.91 Å². The third kappa shape index (κ3) is 3.82. The maximum absolute atomic E-state index is 13.7. The standard InChI is InChI=1S/C24H32N4O3/c1-6-27-18-12-28(21(13(2)3)22(29)25-16-8-9-16)23(30)19(18)20(26-24(27)31)17-10-7-14(4)11-15(17)5/h7,10-11,13,16,20-21H,6,8-9,12H2,1-5H3,(H,25,29)(H,26,31). The number of nitrogens with one attached hydrogen (secondary N) is 2. The summed E-state index contributed by atoms with van der Waals surface area (Å²) in [5, 5.41) is 6.10. The van der Waals surface area contributed by atoms with Crippen molar-refractivity contribution in [3.63, 3.8) is 0 Å². The second-order valence-electron chi connectivity index (χ2n) is 9.25. The number of likely N-dealkylation sites (N-methyl/N-ethyl adjacent to an activating group) is 1. The number of nitrogens with zero attached hydrogens (tertiary/aromatic N) is 2. The Bertz CT molecular complexity index is 964. The van der Waals surface area contributed by atoms with E-state index in [4.69, 9.17) is 0 Å². The van der Waals surface area contributed by atoms with Gasteiger partial charge in [0.2, 0.25) is 5.91 Å². The van der Waals surface area contributed by atoms with E-state index in [2.05, 4.69) is 16.7 Å². The van der Waals surface area contributed by atoms with Crippen molar-refractivity contribution >= 4 is 17.8 Å². The van der Waals surface area contributed by atoms with Crippen molar-refractivity contribution < 1.29 is 14.4 Å². The van der Waals surface area contributed by atoms with E-state index in [0.29, 0.717) is 17.8 Å². The molecule has 1 aromatic rings. The van der Waals surface area contributed by atoms with Gasteiger partial charge in [0.1, 0.15) is 6.04 Å². The summed E-state index contributed by atoms with van der Waals surface area (Å²) in [6.07, 6.45) is 1.99. The number of hydrogen-bond acceptors (Lipinski definition) is 3. The molecule has 1 fully saturated rings. The van der Waals surface area contributed by atoms with Crippen LogP contribution in [-0.4, -0.2) is 52.8 Å². The number of benzene rings is 1. The van der Waals surface area contributed by atoms with Crippen LogP contribution in [0.3, 0.4) is 0 Å². The highest BCUT2D eigenvalue weighted by molar-refractivity contribution is 6.03. The molecule has 1 saturated carbocycles. The zero-order chi connectivity index (χ0) is 22.4. The molecule has 2 aliphatic heterocycles. The molecule has 2 N–H and O–H groups in total. The topological polar surface area (TPSA) is 81.8 Å². The van der Waals surface area contributed by atoms with Crippen LogP contribution in [0.1, 0.15) is 56.3 Å². The smallest absolute Gasteiger partial charge is 0.322 e. The molecule has 1 aromatic carbocycles. The molecule has 2 atom stereocenters. The fourth-order valence-electron chi connectivity index (χ4n) is 4.77. The molecule has 1 aliphatic carbocycles. The van der Waals surface area contributed by atoms with Gasteiger partial charge in [-0.1, -0.05) is 37.6 Å². The Labute approximate surface area is 183 Å². The van der Waals surface area contributed by atoms with E-state index in [1.165, 1.54) is 0 Å². The van der Waals surface area contributed by atoms with E-state index in [-0.39, 0.29) is 36.3 Å². The fourth-order valence-corrected chi connectivity index (χ4v) is 4.77. The second-order valence-corrected chi connectivity index (χ2v) is 9.25. The van der Waals surface area contributed by atoms with Gasteiger partial charge in [0.15, 0.2) is 0 Å². The summed E-state index contributed by atoms with van der Waals surface area (Å²) in [5.74, 6) is -0.304. The van der Waals surface area contributed by atoms with Crippen molar-refractivity contribution in [1.82, 2.24) is 20.4 Å². The first-order valence-corrected chi connectivity index (χ1v) is 11.2. The zero-order valence-corrected chi connectivity index (χ0v) is 19.0. The van der Waals surface area contributed by atoms with Crippen LogP contribution < -0.4 is 10.6 Å². The third-order valence-corrected chi connectivity index (χ3v) is 6.46. The molecule has 2 heterocycles.